The Labute approximate surface area is 101 Å². The Morgan fingerprint density at radius 2 is 2.17 bits per heavy atom. The molecule has 0 aromatic carbocycles. The van der Waals surface area contributed by atoms with E-state index in [1.54, 1.807) is 6.92 Å². The lowest BCUT2D eigenvalue weighted by Crippen LogP contribution is -2.12. The van der Waals surface area contributed by atoms with E-state index in [2.05, 4.69) is 4.98 Å². The molecule has 0 bridgehead atoms. The van der Waals surface area contributed by atoms with Gasteiger partial charge >= 0.3 is 12.1 Å². The number of rotatable bonds is 5. The number of aromatic carboxylic acids is 1. The monoisotopic (exact) mass is 263 g/mol. The van der Waals surface area contributed by atoms with Crippen molar-refractivity contribution in [3.05, 3.63) is 23.4 Å². The first-order valence-electron chi connectivity index (χ1n) is 5.19. The predicted octanol–water partition coefficient (Wildman–Crippen LogP) is 2.81. The smallest absolute Gasteiger partial charge is 0.389 e. The van der Waals surface area contributed by atoms with E-state index < -0.39 is 18.6 Å². The molecule has 1 aromatic heterocycles. The highest BCUT2D eigenvalue weighted by molar-refractivity contribution is 5.91. The molecule has 0 spiro atoms. The van der Waals surface area contributed by atoms with E-state index in [1.807, 2.05) is 0 Å². The molecule has 0 aliphatic carbocycles. The van der Waals surface area contributed by atoms with E-state index in [1.165, 1.54) is 12.3 Å². The van der Waals surface area contributed by atoms with Crippen LogP contribution in [-0.4, -0.2) is 28.8 Å². The number of ether oxygens (including phenoxy) is 1. The van der Waals surface area contributed by atoms with Gasteiger partial charge in [0, 0.05) is 12.6 Å². The lowest BCUT2D eigenvalue weighted by atomic mass is 10.1. The zero-order valence-corrected chi connectivity index (χ0v) is 9.62. The molecule has 7 heteroatoms. The molecule has 1 heterocycles. The molecule has 0 radical (unpaired) electrons. The zero-order valence-electron chi connectivity index (χ0n) is 9.62. The van der Waals surface area contributed by atoms with Crippen LogP contribution in [-0.2, 0) is 0 Å². The number of nitrogens with zero attached hydrogens (tertiary/aromatic N) is 1. The molecular formula is C11H12F3NO3. The van der Waals surface area contributed by atoms with E-state index in [-0.39, 0.29) is 24.5 Å². The van der Waals surface area contributed by atoms with Crippen LogP contribution >= 0.6 is 0 Å². The second-order valence-electron chi connectivity index (χ2n) is 3.68. The predicted molar refractivity (Wildman–Crippen MR) is 56.7 cm³/mol. The van der Waals surface area contributed by atoms with Crippen LogP contribution in [0.25, 0.3) is 0 Å². The Bertz CT molecular complexity index is 432. The SMILES string of the molecule is Cc1ccnc(OCCCC(F)(F)F)c1C(=O)O. The summed E-state index contributed by atoms with van der Waals surface area (Å²) in [6.45, 7) is 1.34. The largest absolute Gasteiger partial charge is 0.477 e. The summed E-state index contributed by atoms with van der Waals surface area (Å²) in [6, 6.07) is 1.49. The fourth-order valence-corrected chi connectivity index (χ4v) is 1.34. The summed E-state index contributed by atoms with van der Waals surface area (Å²) in [4.78, 5) is 14.6. The van der Waals surface area contributed by atoms with Gasteiger partial charge in [-0.25, -0.2) is 9.78 Å². The zero-order chi connectivity index (χ0) is 13.8. The van der Waals surface area contributed by atoms with Crippen LogP contribution in [0.3, 0.4) is 0 Å². The van der Waals surface area contributed by atoms with E-state index in [0.29, 0.717) is 5.56 Å². The number of carboxylic acids is 1. The fourth-order valence-electron chi connectivity index (χ4n) is 1.34. The summed E-state index contributed by atoms with van der Waals surface area (Å²) >= 11 is 0. The van der Waals surface area contributed by atoms with Gasteiger partial charge in [0.15, 0.2) is 0 Å². The maximum atomic E-state index is 11.9. The van der Waals surface area contributed by atoms with E-state index in [4.69, 9.17) is 9.84 Å². The fraction of sp³-hybridized carbons (Fsp3) is 0.455. The lowest BCUT2D eigenvalue weighted by molar-refractivity contribution is -0.136. The normalized spacial score (nSPS) is 11.3. The average Bonchev–Trinajstić information content (AvgIpc) is 2.22. The van der Waals surface area contributed by atoms with Crippen molar-refractivity contribution in [1.29, 1.82) is 0 Å². The van der Waals surface area contributed by atoms with Gasteiger partial charge in [-0.1, -0.05) is 0 Å². The van der Waals surface area contributed by atoms with Gasteiger partial charge in [-0.05, 0) is 25.0 Å². The molecule has 0 saturated carbocycles. The summed E-state index contributed by atoms with van der Waals surface area (Å²) < 4.78 is 40.6. The van der Waals surface area contributed by atoms with Gasteiger partial charge < -0.3 is 9.84 Å². The van der Waals surface area contributed by atoms with E-state index in [9.17, 15) is 18.0 Å². The second-order valence-corrected chi connectivity index (χ2v) is 3.68. The van der Waals surface area contributed by atoms with Crippen molar-refractivity contribution in [2.75, 3.05) is 6.61 Å². The summed E-state index contributed by atoms with van der Waals surface area (Å²) in [6.07, 6.45) is -4.10. The Balaban J connectivity index is 2.63. The van der Waals surface area contributed by atoms with Crippen LogP contribution in [0.5, 0.6) is 5.88 Å². The summed E-state index contributed by atoms with van der Waals surface area (Å²) in [5, 5.41) is 8.93. The Hall–Kier alpha value is -1.79. The molecule has 1 aromatic rings. The first-order chi connectivity index (χ1) is 8.31. The average molecular weight is 263 g/mol. The Morgan fingerprint density at radius 1 is 1.50 bits per heavy atom. The molecule has 0 saturated heterocycles. The van der Waals surface area contributed by atoms with Crippen molar-refractivity contribution in [1.82, 2.24) is 4.98 Å². The highest BCUT2D eigenvalue weighted by Gasteiger charge is 2.26. The molecule has 100 valence electrons. The molecule has 0 aliphatic rings. The van der Waals surface area contributed by atoms with Gasteiger partial charge in [-0.2, -0.15) is 13.2 Å². The third-order valence-corrected chi connectivity index (χ3v) is 2.18. The minimum absolute atomic E-state index is 0.121. The molecule has 0 amide bonds. The van der Waals surface area contributed by atoms with Gasteiger partial charge in [0.1, 0.15) is 5.56 Å². The van der Waals surface area contributed by atoms with Crippen molar-refractivity contribution in [2.24, 2.45) is 0 Å². The summed E-state index contributed by atoms with van der Waals surface area (Å²) in [7, 11) is 0. The maximum absolute atomic E-state index is 11.9. The number of hydrogen-bond acceptors (Lipinski definition) is 3. The summed E-state index contributed by atoms with van der Waals surface area (Å²) in [5.74, 6) is -1.36. The van der Waals surface area contributed by atoms with Crippen molar-refractivity contribution in [3.8, 4) is 5.88 Å². The number of carbonyl (C=O) groups is 1. The van der Waals surface area contributed by atoms with Gasteiger partial charge in [0.25, 0.3) is 0 Å². The molecule has 0 aliphatic heterocycles. The van der Waals surface area contributed by atoms with Crippen LogP contribution in [0, 0.1) is 6.92 Å². The van der Waals surface area contributed by atoms with Crippen molar-refractivity contribution < 1.29 is 27.8 Å². The van der Waals surface area contributed by atoms with Crippen molar-refractivity contribution in [3.63, 3.8) is 0 Å². The standard InChI is InChI=1S/C11H12F3NO3/c1-7-3-5-15-9(8(7)10(16)17)18-6-2-4-11(12,13)14/h3,5H,2,4,6H2,1H3,(H,16,17). The maximum Gasteiger partial charge on any atom is 0.389 e. The molecule has 1 rings (SSSR count). The van der Waals surface area contributed by atoms with Crippen LogP contribution in [0.2, 0.25) is 0 Å². The third-order valence-electron chi connectivity index (χ3n) is 2.18. The molecule has 0 fully saturated rings. The van der Waals surface area contributed by atoms with Crippen LogP contribution in [0.15, 0.2) is 12.3 Å². The lowest BCUT2D eigenvalue weighted by Gasteiger charge is -2.10. The van der Waals surface area contributed by atoms with E-state index >= 15 is 0 Å². The van der Waals surface area contributed by atoms with Crippen LogP contribution < -0.4 is 4.74 Å². The third kappa shape index (κ3) is 4.23. The van der Waals surface area contributed by atoms with Gasteiger partial charge in [0.2, 0.25) is 5.88 Å². The molecular weight excluding hydrogens is 251 g/mol. The number of aryl methyl sites for hydroxylation is 1. The second kappa shape index (κ2) is 5.70. The van der Waals surface area contributed by atoms with Crippen LogP contribution in [0.1, 0.15) is 28.8 Å². The van der Waals surface area contributed by atoms with Crippen molar-refractivity contribution >= 4 is 5.97 Å². The van der Waals surface area contributed by atoms with E-state index in [0.717, 1.165) is 0 Å². The molecule has 18 heavy (non-hydrogen) atoms. The number of hydrogen-bond donors (Lipinski definition) is 1. The number of halogens is 3. The van der Waals surface area contributed by atoms with Crippen LogP contribution in [0.4, 0.5) is 13.2 Å². The Morgan fingerprint density at radius 3 is 2.72 bits per heavy atom. The molecule has 0 atom stereocenters. The van der Waals surface area contributed by atoms with Gasteiger partial charge in [-0.15, -0.1) is 0 Å². The topological polar surface area (TPSA) is 59.4 Å². The molecule has 4 nitrogen and oxygen atoms in total. The van der Waals surface area contributed by atoms with Gasteiger partial charge in [-0.3, -0.25) is 0 Å². The van der Waals surface area contributed by atoms with Crippen molar-refractivity contribution in [2.45, 2.75) is 25.9 Å². The highest BCUT2D eigenvalue weighted by Crippen LogP contribution is 2.22. The quantitative estimate of drug-likeness (QED) is 0.830. The number of alkyl halides is 3. The minimum atomic E-state index is -4.24. The number of pyridine rings is 1. The number of aromatic nitrogens is 1. The minimum Gasteiger partial charge on any atom is -0.477 e. The van der Waals surface area contributed by atoms with Gasteiger partial charge in [0.05, 0.1) is 6.61 Å². The Kier molecular flexibility index (Phi) is 4.52. The first-order valence-corrected chi connectivity index (χ1v) is 5.19. The molecule has 1 N–H and O–H groups in total. The first kappa shape index (κ1) is 14.3. The number of carboxylic acid groups (broad SMARTS) is 1. The summed E-state index contributed by atoms with van der Waals surface area (Å²) in [5.41, 5.74) is 0.327. The molecule has 0 unspecified atom stereocenters. The highest BCUT2D eigenvalue weighted by atomic mass is 19.4.